The van der Waals surface area contributed by atoms with Crippen LogP contribution in [-0.4, -0.2) is 49.6 Å². The fourth-order valence-electron chi connectivity index (χ4n) is 4.01. The van der Waals surface area contributed by atoms with E-state index in [0.717, 1.165) is 35.4 Å². The molecule has 4 rings (SSSR count). The van der Waals surface area contributed by atoms with Crippen molar-refractivity contribution >= 4 is 16.9 Å². The summed E-state index contributed by atoms with van der Waals surface area (Å²) in [5.74, 6) is 0.738. The Morgan fingerprint density at radius 3 is 2.47 bits per heavy atom. The first-order chi connectivity index (χ1) is 16.4. The number of phenols is 1. The number of fused-ring (bicyclic) bond motifs is 1. The first kappa shape index (κ1) is 23.5. The fourth-order valence-corrected chi connectivity index (χ4v) is 4.01. The van der Waals surface area contributed by atoms with Crippen LogP contribution in [0.4, 0.5) is 4.39 Å². The van der Waals surface area contributed by atoms with E-state index in [0.29, 0.717) is 29.9 Å². The van der Waals surface area contributed by atoms with Crippen LogP contribution in [0.3, 0.4) is 0 Å². The Morgan fingerprint density at radius 2 is 1.76 bits per heavy atom. The average molecular weight is 462 g/mol. The van der Waals surface area contributed by atoms with Gasteiger partial charge in [0.1, 0.15) is 23.1 Å². The summed E-state index contributed by atoms with van der Waals surface area (Å²) in [7, 11) is 4.07. The van der Waals surface area contributed by atoms with Crippen LogP contribution in [0, 0.1) is 5.82 Å². The van der Waals surface area contributed by atoms with Gasteiger partial charge in [0.25, 0.3) is 0 Å². The molecular weight excluding hydrogens is 433 g/mol. The average Bonchev–Trinajstić information content (AvgIpc) is 2.94. The molecule has 0 spiro atoms. The zero-order valence-electron chi connectivity index (χ0n) is 19.4. The van der Waals surface area contributed by atoms with E-state index in [4.69, 9.17) is 9.47 Å². The number of hydrogen-bond donors (Lipinski definition) is 1. The molecule has 0 saturated heterocycles. The third kappa shape index (κ3) is 5.64. The molecule has 1 aliphatic rings. The highest BCUT2D eigenvalue weighted by atomic mass is 19.1. The van der Waals surface area contributed by atoms with Crippen molar-refractivity contribution in [3.63, 3.8) is 0 Å². The van der Waals surface area contributed by atoms with Gasteiger partial charge in [-0.15, -0.1) is 0 Å². The standard InChI is InChI=1S/C28H28FNO4/c1-30(2)14-3-15-33-23-11-4-19(5-12-23)16-25-24-13-10-22(31)17-27(24)34-18-26(32)28(25)20-6-8-21(29)9-7-20/h4-13,17,31H,3,14-16,18H2,1-2H3. The van der Waals surface area contributed by atoms with Gasteiger partial charge in [0.05, 0.1) is 6.61 Å². The molecule has 176 valence electrons. The molecule has 0 unspecified atom stereocenters. The number of nitrogens with zero attached hydrogens (tertiary/aromatic N) is 1. The summed E-state index contributed by atoms with van der Waals surface area (Å²) < 4.78 is 25.1. The van der Waals surface area contributed by atoms with Crippen molar-refractivity contribution in [3.8, 4) is 17.2 Å². The molecule has 6 heteroatoms. The largest absolute Gasteiger partial charge is 0.508 e. The van der Waals surface area contributed by atoms with E-state index in [1.54, 1.807) is 24.3 Å². The van der Waals surface area contributed by atoms with Crippen LogP contribution in [0.2, 0.25) is 0 Å². The molecule has 3 aromatic rings. The number of halogens is 1. The summed E-state index contributed by atoms with van der Waals surface area (Å²) in [4.78, 5) is 15.3. The summed E-state index contributed by atoms with van der Waals surface area (Å²) >= 11 is 0. The zero-order valence-corrected chi connectivity index (χ0v) is 19.4. The summed E-state index contributed by atoms with van der Waals surface area (Å²) in [6, 6.07) is 18.6. The Morgan fingerprint density at radius 1 is 1.03 bits per heavy atom. The van der Waals surface area contributed by atoms with Gasteiger partial charge in [0, 0.05) is 23.7 Å². The highest BCUT2D eigenvalue weighted by Crippen LogP contribution is 2.39. The zero-order chi connectivity index (χ0) is 24.1. The number of phenolic OH excluding ortho intramolecular Hbond substituents is 1. The van der Waals surface area contributed by atoms with E-state index in [-0.39, 0.29) is 24.0 Å². The van der Waals surface area contributed by atoms with E-state index in [1.807, 2.05) is 38.4 Å². The first-order valence-corrected chi connectivity index (χ1v) is 11.3. The summed E-state index contributed by atoms with van der Waals surface area (Å²) in [6.07, 6.45) is 1.40. The Kier molecular flexibility index (Phi) is 7.28. The molecule has 0 aliphatic carbocycles. The van der Waals surface area contributed by atoms with Crippen LogP contribution in [0.5, 0.6) is 17.2 Å². The third-order valence-corrected chi connectivity index (χ3v) is 5.69. The smallest absolute Gasteiger partial charge is 0.201 e. The van der Waals surface area contributed by atoms with Gasteiger partial charge in [-0.1, -0.05) is 24.3 Å². The topological polar surface area (TPSA) is 59.0 Å². The number of ketones is 1. The maximum absolute atomic E-state index is 13.6. The maximum atomic E-state index is 13.6. The Balaban J connectivity index is 1.67. The van der Waals surface area contributed by atoms with Crippen LogP contribution in [0.1, 0.15) is 23.1 Å². The minimum Gasteiger partial charge on any atom is -0.508 e. The molecular formula is C28H28FNO4. The number of allylic oxidation sites excluding steroid dienone is 1. The number of Topliss-reactive ketones (excluding diaryl/α,β-unsaturated/α-hetero) is 1. The second-order valence-corrected chi connectivity index (χ2v) is 8.58. The van der Waals surface area contributed by atoms with Crippen molar-refractivity contribution < 1.29 is 23.8 Å². The minimum absolute atomic E-state index is 0.0616. The number of benzene rings is 3. The summed E-state index contributed by atoms with van der Waals surface area (Å²) in [6.45, 7) is 1.44. The number of carbonyl (C=O) groups excluding carboxylic acids is 1. The number of rotatable bonds is 8. The number of hydrogen-bond acceptors (Lipinski definition) is 5. The van der Waals surface area contributed by atoms with Gasteiger partial charge in [-0.05, 0) is 80.0 Å². The molecule has 1 N–H and O–H groups in total. The fraction of sp³-hybridized carbons (Fsp3) is 0.250. The molecule has 1 heterocycles. The van der Waals surface area contributed by atoms with Gasteiger partial charge in [-0.3, -0.25) is 4.79 Å². The summed E-state index contributed by atoms with van der Waals surface area (Å²) in [5, 5.41) is 9.95. The van der Waals surface area contributed by atoms with Gasteiger partial charge < -0.3 is 19.5 Å². The van der Waals surface area contributed by atoms with Crippen molar-refractivity contribution in [1.82, 2.24) is 4.90 Å². The lowest BCUT2D eigenvalue weighted by Gasteiger charge is -2.15. The molecule has 0 radical (unpaired) electrons. The first-order valence-electron chi connectivity index (χ1n) is 11.3. The summed E-state index contributed by atoms with van der Waals surface area (Å²) in [5.41, 5.74) is 3.61. The number of aromatic hydroxyl groups is 1. The van der Waals surface area contributed by atoms with Crippen LogP contribution < -0.4 is 9.47 Å². The molecule has 0 saturated carbocycles. The lowest BCUT2D eigenvalue weighted by molar-refractivity contribution is -0.115. The quantitative estimate of drug-likeness (QED) is 0.480. The van der Waals surface area contributed by atoms with E-state index >= 15 is 0 Å². The second-order valence-electron chi connectivity index (χ2n) is 8.58. The van der Waals surface area contributed by atoms with E-state index in [9.17, 15) is 14.3 Å². The number of carbonyl (C=O) groups is 1. The lowest BCUT2D eigenvalue weighted by atomic mass is 9.88. The highest BCUT2D eigenvalue weighted by molar-refractivity contribution is 6.29. The molecule has 5 nitrogen and oxygen atoms in total. The molecule has 3 aromatic carbocycles. The van der Waals surface area contributed by atoms with Gasteiger partial charge in [0.2, 0.25) is 5.78 Å². The molecule has 0 aromatic heterocycles. The van der Waals surface area contributed by atoms with Crippen LogP contribution in [0.15, 0.2) is 66.7 Å². The van der Waals surface area contributed by atoms with Gasteiger partial charge >= 0.3 is 0 Å². The third-order valence-electron chi connectivity index (χ3n) is 5.69. The maximum Gasteiger partial charge on any atom is 0.201 e. The number of ether oxygens (including phenoxy) is 2. The predicted octanol–water partition coefficient (Wildman–Crippen LogP) is 4.98. The van der Waals surface area contributed by atoms with Crippen molar-refractivity contribution in [3.05, 3.63) is 89.2 Å². The Bertz CT molecular complexity index is 1180. The van der Waals surface area contributed by atoms with Gasteiger partial charge in [-0.25, -0.2) is 4.39 Å². The monoisotopic (exact) mass is 461 g/mol. The highest BCUT2D eigenvalue weighted by Gasteiger charge is 2.26. The van der Waals surface area contributed by atoms with Crippen LogP contribution in [0.25, 0.3) is 11.1 Å². The molecule has 1 aliphatic heterocycles. The normalized spacial score (nSPS) is 13.5. The van der Waals surface area contributed by atoms with Crippen LogP contribution >= 0.6 is 0 Å². The van der Waals surface area contributed by atoms with Crippen molar-refractivity contribution in [2.75, 3.05) is 33.9 Å². The SMILES string of the molecule is CN(C)CCCOc1ccc(CC2=C(c3ccc(F)cc3)C(=O)COc3cc(O)ccc32)cc1. The van der Waals surface area contributed by atoms with Crippen LogP contribution in [-0.2, 0) is 11.2 Å². The Labute approximate surface area is 199 Å². The van der Waals surface area contributed by atoms with Gasteiger partial charge in [-0.2, -0.15) is 0 Å². The van der Waals surface area contributed by atoms with Gasteiger partial charge in [0.15, 0.2) is 6.61 Å². The van der Waals surface area contributed by atoms with Crippen molar-refractivity contribution in [2.24, 2.45) is 0 Å². The van der Waals surface area contributed by atoms with Crippen molar-refractivity contribution in [2.45, 2.75) is 12.8 Å². The molecule has 0 amide bonds. The Hall–Kier alpha value is -3.64. The molecule has 0 bridgehead atoms. The molecule has 0 atom stereocenters. The minimum atomic E-state index is -0.366. The van der Waals surface area contributed by atoms with E-state index in [1.165, 1.54) is 18.2 Å². The van der Waals surface area contributed by atoms with Crippen molar-refractivity contribution in [1.29, 1.82) is 0 Å². The molecule has 34 heavy (non-hydrogen) atoms. The van der Waals surface area contributed by atoms with E-state index < -0.39 is 0 Å². The molecule has 0 fully saturated rings. The second kappa shape index (κ2) is 10.5. The predicted molar refractivity (Wildman–Crippen MR) is 131 cm³/mol. The van der Waals surface area contributed by atoms with E-state index in [2.05, 4.69) is 4.90 Å². The lowest BCUT2D eigenvalue weighted by Crippen LogP contribution is -2.15.